The lowest BCUT2D eigenvalue weighted by Gasteiger charge is -2.05. The molecule has 0 aliphatic rings. The first-order valence-electron chi connectivity index (χ1n) is 6.35. The molecular formula is C15H16BrN3O2. The van der Waals surface area contributed by atoms with Crippen LogP contribution in [0.5, 0.6) is 5.75 Å². The van der Waals surface area contributed by atoms with E-state index in [1.807, 2.05) is 32.0 Å². The number of amides is 1. The summed E-state index contributed by atoms with van der Waals surface area (Å²) in [6.45, 7) is 3.69. The predicted octanol–water partition coefficient (Wildman–Crippen LogP) is 3.45. The van der Waals surface area contributed by atoms with E-state index in [0.717, 1.165) is 21.4 Å². The molecule has 110 valence electrons. The van der Waals surface area contributed by atoms with Gasteiger partial charge in [-0.05, 0) is 38.1 Å². The fraction of sp³-hybridized carbons (Fsp3) is 0.200. The van der Waals surface area contributed by atoms with Gasteiger partial charge in [0.15, 0.2) is 0 Å². The van der Waals surface area contributed by atoms with Crippen LogP contribution < -0.4 is 10.1 Å². The van der Waals surface area contributed by atoms with Crippen LogP contribution >= 0.6 is 15.9 Å². The van der Waals surface area contributed by atoms with Crippen LogP contribution in [0.25, 0.3) is 6.08 Å². The summed E-state index contributed by atoms with van der Waals surface area (Å²) < 4.78 is 6.18. The van der Waals surface area contributed by atoms with E-state index in [9.17, 15) is 4.79 Å². The lowest BCUT2D eigenvalue weighted by molar-refractivity contribution is -0.111. The molecule has 0 fully saturated rings. The number of H-pyrrole nitrogens is 1. The van der Waals surface area contributed by atoms with Crippen molar-refractivity contribution in [1.82, 2.24) is 10.2 Å². The molecule has 21 heavy (non-hydrogen) atoms. The first-order valence-corrected chi connectivity index (χ1v) is 7.14. The standard InChI is InChI=1S/C15H16BrN3O2/c1-9-15(10(2)19-18-9)17-14(20)7-4-11-8-12(16)5-6-13(11)21-3/h4-8H,1-3H3,(H,17,20)(H,18,19)/b7-4+. The summed E-state index contributed by atoms with van der Waals surface area (Å²) in [5, 5.41) is 9.67. The first kappa shape index (κ1) is 15.3. The van der Waals surface area contributed by atoms with Crippen LogP contribution in [0, 0.1) is 13.8 Å². The number of nitrogens with zero attached hydrogens (tertiary/aromatic N) is 1. The fourth-order valence-corrected chi connectivity index (χ4v) is 2.28. The number of benzene rings is 1. The third-order valence-electron chi connectivity index (χ3n) is 2.98. The summed E-state index contributed by atoms with van der Waals surface area (Å²) in [6, 6.07) is 5.61. The molecule has 0 spiro atoms. The molecule has 2 aromatic rings. The third kappa shape index (κ3) is 3.72. The Morgan fingerprint density at radius 3 is 2.81 bits per heavy atom. The number of halogens is 1. The fourth-order valence-electron chi connectivity index (χ4n) is 1.90. The van der Waals surface area contributed by atoms with Crippen LogP contribution in [0.1, 0.15) is 17.0 Å². The Morgan fingerprint density at radius 2 is 2.19 bits per heavy atom. The molecule has 0 saturated heterocycles. The second kappa shape index (κ2) is 6.58. The summed E-state index contributed by atoms with van der Waals surface area (Å²) in [7, 11) is 1.60. The lowest BCUT2D eigenvalue weighted by Crippen LogP contribution is -2.09. The van der Waals surface area contributed by atoms with Gasteiger partial charge in [-0.25, -0.2) is 0 Å². The molecule has 0 saturated carbocycles. The number of methoxy groups -OCH3 is 1. The van der Waals surface area contributed by atoms with Gasteiger partial charge >= 0.3 is 0 Å². The monoisotopic (exact) mass is 349 g/mol. The number of ether oxygens (including phenoxy) is 1. The Morgan fingerprint density at radius 1 is 1.43 bits per heavy atom. The third-order valence-corrected chi connectivity index (χ3v) is 3.48. The van der Waals surface area contributed by atoms with Crippen molar-refractivity contribution in [3.05, 3.63) is 45.7 Å². The predicted molar refractivity (Wildman–Crippen MR) is 86.4 cm³/mol. The van der Waals surface area contributed by atoms with Crippen molar-refractivity contribution in [1.29, 1.82) is 0 Å². The molecule has 6 heteroatoms. The molecule has 0 aliphatic heterocycles. The van der Waals surface area contributed by atoms with E-state index in [-0.39, 0.29) is 5.91 Å². The summed E-state index contributed by atoms with van der Waals surface area (Å²) in [4.78, 5) is 12.0. The minimum absolute atomic E-state index is 0.218. The number of hydrogen-bond donors (Lipinski definition) is 2. The molecule has 2 rings (SSSR count). The van der Waals surface area contributed by atoms with E-state index in [2.05, 4.69) is 31.4 Å². The summed E-state index contributed by atoms with van der Waals surface area (Å²) in [6.07, 6.45) is 3.18. The van der Waals surface area contributed by atoms with Crippen molar-refractivity contribution in [2.24, 2.45) is 0 Å². The van der Waals surface area contributed by atoms with Crippen LogP contribution in [0.4, 0.5) is 5.69 Å². The smallest absolute Gasteiger partial charge is 0.248 e. The zero-order valence-electron chi connectivity index (χ0n) is 12.0. The number of nitrogens with one attached hydrogen (secondary N) is 2. The highest BCUT2D eigenvalue weighted by Gasteiger charge is 2.08. The van der Waals surface area contributed by atoms with Crippen molar-refractivity contribution in [2.75, 3.05) is 12.4 Å². The highest BCUT2D eigenvalue weighted by atomic mass is 79.9. The molecule has 0 bridgehead atoms. The van der Waals surface area contributed by atoms with Crippen molar-refractivity contribution < 1.29 is 9.53 Å². The van der Waals surface area contributed by atoms with Gasteiger partial charge in [0.05, 0.1) is 24.2 Å². The lowest BCUT2D eigenvalue weighted by atomic mass is 10.2. The number of anilines is 1. The minimum Gasteiger partial charge on any atom is -0.496 e. The van der Waals surface area contributed by atoms with E-state index in [1.165, 1.54) is 6.08 Å². The van der Waals surface area contributed by atoms with E-state index in [0.29, 0.717) is 11.4 Å². The number of aryl methyl sites for hydroxylation is 2. The Kier molecular flexibility index (Phi) is 4.80. The minimum atomic E-state index is -0.218. The molecule has 0 radical (unpaired) electrons. The number of hydrogen-bond acceptors (Lipinski definition) is 3. The van der Waals surface area contributed by atoms with Gasteiger partial charge in [0.1, 0.15) is 5.75 Å². The quantitative estimate of drug-likeness (QED) is 0.830. The topological polar surface area (TPSA) is 67.0 Å². The molecule has 2 N–H and O–H groups in total. The van der Waals surface area contributed by atoms with Gasteiger partial charge in [-0.15, -0.1) is 0 Å². The van der Waals surface area contributed by atoms with Crippen molar-refractivity contribution in [2.45, 2.75) is 13.8 Å². The maximum absolute atomic E-state index is 12.0. The summed E-state index contributed by atoms with van der Waals surface area (Å²) in [5.41, 5.74) is 3.12. The Balaban J connectivity index is 2.14. The van der Waals surface area contributed by atoms with Crippen molar-refractivity contribution >= 4 is 33.6 Å². The average molecular weight is 350 g/mol. The molecule has 0 unspecified atom stereocenters. The van der Waals surface area contributed by atoms with E-state index in [1.54, 1.807) is 13.2 Å². The van der Waals surface area contributed by atoms with Gasteiger partial charge in [-0.2, -0.15) is 5.10 Å². The molecule has 0 aliphatic carbocycles. The Hall–Kier alpha value is -2.08. The van der Waals surface area contributed by atoms with Crippen LogP contribution in [0.3, 0.4) is 0 Å². The average Bonchev–Trinajstić information content (AvgIpc) is 2.77. The van der Waals surface area contributed by atoms with E-state index >= 15 is 0 Å². The molecule has 1 amide bonds. The molecule has 0 atom stereocenters. The summed E-state index contributed by atoms with van der Waals surface area (Å²) in [5.74, 6) is 0.488. The van der Waals surface area contributed by atoms with Gasteiger partial charge in [0.2, 0.25) is 5.91 Å². The maximum Gasteiger partial charge on any atom is 0.248 e. The maximum atomic E-state index is 12.0. The molecule has 1 aromatic heterocycles. The van der Waals surface area contributed by atoms with Gasteiger partial charge < -0.3 is 10.1 Å². The van der Waals surface area contributed by atoms with Crippen LogP contribution in [0.2, 0.25) is 0 Å². The highest BCUT2D eigenvalue weighted by Crippen LogP contribution is 2.24. The molecule has 1 heterocycles. The first-order chi connectivity index (χ1) is 10.0. The number of aromatic amines is 1. The molecule has 5 nitrogen and oxygen atoms in total. The number of carbonyl (C=O) groups is 1. The molecular weight excluding hydrogens is 334 g/mol. The van der Waals surface area contributed by atoms with Gasteiger partial charge in [0, 0.05) is 16.1 Å². The number of carbonyl (C=O) groups excluding carboxylic acids is 1. The summed E-state index contributed by atoms with van der Waals surface area (Å²) >= 11 is 3.40. The number of rotatable bonds is 4. The normalized spacial score (nSPS) is 10.9. The zero-order valence-corrected chi connectivity index (χ0v) is 13.6. The van der Waals surface area contributed by atoms with Gasteiger partial charge in [-0.1, -0.05) is 15.9 Å². The Labute approximate surface area is 131 Å². The van der Waals surface area contributed by atoms with Crippen LogP contribution in [-0.2, 0) is 4.79 Å². The van der Waals surface area contributed by atoms with Crippen molar-refractivity contribution in [3.8, 4) is 5.75 Å². The second-order valence-electron chi connectivity index (χ2n) is 4.52. The van der Waals surface area contributed by atoms with E-state index in [4.69, 9.17) is 4.74 Å². The van der Waals surface area contributed by atoms with Crippen LogP contribution in [0.15, 0.2) is 28.7 Å². The van der Waals surface area contributed by atoms with Crippen molar-refractivity contribution in [3.63, 3.8) is 0 Å². The van der Waals surface area contributed by atoms with Gasteiger partial charge in [0.25, 0.3) is 0 Å². The van der Waals surface area contributed by atoms with Gasteiger partial charge in [-0.3, -0.25) is 9.89 Å². The largest absolute Gasteiger partial charge is 0.496 e. The Bertz CT molecular complexity index is 673. The van der Waals surface area contributed by atoms with Crippen LogP contribution in [-0.4, -0.2) is 23.2 Å². The zero-order chi connectivity index (χ0) is 15.4. The highest BCUT2D eigenvalue weighted by molar-refractivity contribution is 9.10. The van der Waals surface area contributed by atoms with E-state index < -0.39 is 0 Å². The SMILES string of the molecule is COc1ccc(Br)cc1/C=C/C(=O)Nc1c(C)n[nH]c1C. The number of aromatic nitrogens is 2. The second-order valence-corrected chi connectivity index (χ2v) is 5.43. The molecule has 1 aromatic carbocycles.